The van der Waals surface area contributed by atoms with Gasteiger partial charge in [0.25, 0.3) is 0 Å². The predicted octanol–water partition coefficient (Wildman–Crippen LogP) is 4.73. The maximum absolute atomic E-state index is 11.9. The van der Waals surface area contributed by atoms with Crippen molar-refractivity contribution in [2.24, 2.45) is 0 Å². The van der Waals surface area contributed by atoms with E-state index < -0.39 is 0 Å². The second-order valence-electron chi connectivity index (χ2n) is 5.69. The third-order valence-electron chi connectivity index (χ3n) is 3.65. The van der Waals surface area contributed by atoms with Crippen molar-refractivity contribution in [2.45, 2.75) is 32.1 Å². The number of aryl methyl sites for hydroxylation is 1. The molecule has 2 aromatic rings. The second-order valence-corrected chi connectivity index (χ2v) is 6.55. The van der Waals surface area contributed by atoms with E-state index >= 15 is 0 Å². The summed E-state index contributed by atoms with van der Waals surface area (Å²) in [6, 6.07) is 17.5. The van der Waals surface area contributed by atoms with Gasteiger partial charge in [-0.05, 0) is 52.9 Å². The highest BCUT2D eigenvalue weighted by atomic mass is 79.9. The molecule has 0 aromatic heterocycles. The van der Waals surface area contributed by atoms with Gasteiger partial charge in [-0.3, -0.25) is 9.59 Å². The van der Waals surface area contributed by atoms with Crippen molar-refractivity contribution in [1.82, 2.24) is 0 Å². The van der Waals surface area contributed by atoms with Gasteiger partial charge in [0.1, 0.15) is 0 Å². The molecular formula is C20H22BrNO3. The third kappa shape index (κ3) is 7.52. The van der Waals surface area contributed by atoms with Crippen LogP contribution in [0.15, 0.2) is 59.1 Å². The number of halogens is 1. The number of rotatable bonds is 9. The van der Waals surface area contributed by atoms with Crippen LogP contribution in [-0.4, -0.2) is 18.5 Å². The third-order valence-corrected chi connectivity index (χ3v) is 4.34. The summed E-state index contributed by atoms with van der Waals surface area (Å²) in [7, 11) is 0. The van der Waals surface area contributed by atoms with Crippen LogP contribution < -0.4 is 5.32 Å². The Bertz CT molecular complexity index is 688. The van der Waals surface area contributed by atoms with E-state index in [0.717, 1.165) is 23.0 Å². The lowest BCUT2D eigenvalue weighted by atomic mass is 10.1. The first-order valence-corrected chi connectivity index (χ1v) is 9.18. The van der Waals surface area contributed by atoms with Gasteiger partial charge in [-0.25, -0.2) is 0 Å². The molecule has 0 aliphatic carbocycles. The minimum absolute atomic E-state index is 0.108. The van der Waals surface area contributed by atoms with Crippen molar-refractivity contribution >= 4 is 33.5 Å². The fraction of sp³-hybridized carbons (Fsp3) is 0.300. The number of hydrogen-bond acceptors (Lipinski definition) is 3. The lowest BCUT2D eigenvalue weighted by molar-refractivity contribution is -0.143. The van der Waals surface area contributed by atoms with Crippen molar-refractivity contribution in [3.8, 4) is 0 Å². The van der Waals surface area contributed by atoms with Crippen LogP contribution in [-0.2, 0) is 20.7 Å². The first kappa shape index (κ1) is 19.2. The quantitative estimate of drug-likeness (QED) is 0.486. The molecule has 132 valence electrons. The van der Waals surface area contributed by atoms with Crippen molar-refractivity contribution in [1.29, 1.82) is 0 Å². The number of para-hydroxylation sites is 1. The molecule has 0 unspecified atom stereocenters. The number of benzene rings is 2. The lowest BCUT2D eigenvalue weighted by Crippen LogP contribution is -2.13. The highest BCUT2D eigenvalue weighted by Gasteiger charge is 2.08. The summed E-state index contributed by atoms with van der Waals surface area (Å²) in [6.07, 6.45) is 2.73. The molecule has 0 spiro atoms. The fourth-order valence-electron chi connectivity index (χ4n) is 2.35. The van der Waals surface area contributed by atoms with Crippen LogP contribution in [0.2, 0.25) is 0 Å². The van der Waals surface area contributed by atoms with Gasteiger partial charge in [0, 0.05) is 17.3 Å². The Balaban J connectivity index is 1.56. The average molecular weight is 404 g/mol. The normalized spacial score (nSPS) is 10.3. The number of carbonyl (C=O) groups is 2. The molecule has 0 saturated carbocycles. The second kappa shape index (κ2) is 10.7. The first-order chi connectivity index (χ1) is 12.1. The molecule has 0 radical (unpaired) electrons. The van der Waals surface area contributed by atoms with E-state index in [1.807, 2.05) is 42.5 Å². The first-order valence-electron chi connectivity index (χ1n) is 8.39. The highest BCUT2D eigenvalue weighted by Crippen LogP contribution is 2.21. The van der Waals surface area contributed by atoms with Crippen molar-refractivity contribution in [2.75, 3.05) is 11.9 Å². The number of carbonyl (C=O) groups excluding carboxylic acids is 2. The summed E-state index contributed by atoms with van der Waals surface area (Å²) in [4.78, 5) is 23.6. The maximum Gasteiger partial charge on any atom is 0.305 e. The standard InChI is InChI=1S/C20H22BrNO3/c21-17-11-4-5-12-18(17)22-19(23)13-6-14-20(24)25-15-7-10-16-8-2-1-3-9-16/h1-5,8-9,11-12H,6-7,10,13-15H2,(H,22,23). The Hall–Kier alpha value is -2.14. The number of anilines is 1. The van der Waals surface area contributed by atoms with E-state index in [4.69, 9.17) is 4.74 Å². The Morgan fingerprint density at radius 2 is 1.64 bits per heavy atom. The summed E-state index contributed by atoms with van der Waals surface area (Å²) in [5, 5.41) is 2.82. The summed E-state index contributed by atoms with van der Waals surface area (Å²) >= 11 is 3.38. The topological polar surface area (TPSA) is 55.4 Å². The Labute approximate surface area is 156 Å². The monoisotopic (exact) mass is 403 g/mol. The average Bonchev–Trinajstić information content (AvgIpc) is 2.62. The molecule has 4 nitrogen and oxygen atoms in total. The molecule has 1 N–H and O–H groups in total. The minimum Gasteiger partial charge on any atom is -0.466 e. The van der Waals surface area contributed by atoms with E-state index in [1.165, 1.54) is 5.56 Å². The zero-order chi connectivity index (χ0) is 17.9. The van der Waals surface area contributed by atoms with E-state index in [1.54, 1.807) is 0 Å². The lowest BCUT2D eigenvalue weighted by Gasteiger charge is -2.07. The molecule has 2 aromatic carbocycles. The van der Waals surface area contributed by atoms with Crippen LogP contribution in [0.4, 0.5) is 5.69 Å². The largest absolute Gasteiger partial charge is 0.466 e. The molecule has 5 heteroatoms. The Morgan fingerprint density at radius 1 is 0.920 bits per heavy atom. The number of amides is 1. The molecule has 0 heterocycles. The molecule has 0 aliphatic rings. The Morgan fingerprint density at radius 3 is 2.40 bits per heavy atom. The smallest absolute Gasteiger partial charge is 0.305 e. The van der Waals surface area contributed by atoms with Gasteiger partial charge in [0.05, 0.1) is 12.3 Å². The summed E-state index contributed by atoms with van der Waals surface area (Å²) in [5.41, 5.74) is 1.97. The van der Waals surface area contributed by atoms with Crippen LogP contribution in [0.3, 0.4) is 0 Å². The van der Waals surface area contributed by atoms with Crippen LogP contribution in [0, 0.1) is 0 Å². The van der Waals surface area contributed by atoms with Gasteiger partial charge in [0.15, 0.2) is 0 Å². The summed E-state index contributed by atoms with van der Waals surface area (Å²) < 4.78 is 6.04. The number of hydrogen-bond donors (Lipinski definition) is 1. The molecule has 2 rings (SSSR count). The van der Waals surface area contributed by atoms with E-state index in [0.29, 0.717) is 19.4 Å². The van der Waals surface area contributed by atoms with Gasteiger partial charge in [-0.1, -0.05) is 42.5 Å². The van der Waals surface area contributed by atoms with E-state index in [2.05, 4.69) is 33.4 Å². The predicted molar refractivity (Wildman–Crippen MR) is 102 cm³/mol. The van der Waals surface area contributed by atoms with Crippen LogP contribution in [0.1, 0.15) is 31.2 Å². The van der Waals surface area contributed by atoms with Crippen LogP contribution in [0.5, 0.6) is 0 Å². The fourth-order valence-corrected chi connectivity index (χ4v) is 2.73. The maximum atomic E-state index is 11.9. The van der Waals surface area contributed by atoms with Crippen molar-refractivity contribution in [3.63, 3.8) is 0 Å². The molecule has 0 aliphatic heterocycles. The summed E-state index contributed by atoms with van der Waals surface area (Å²) in [6.45, 7) is 0.414. The minimum atomic E-state index is -0.248. The SMILES string of the molecule is O=C(CCCC(=O)OCCCc1ccccc1)Nc1ccccc1Br. The van der Waals surface area contributed by atoms with E-state index in [-0.39, 0.29) is 18.3 Å². The molecule has 25 heavy (non-hydrogen) atoms. The zero-order valence-electron chi connectivity index (χ0n) is 14.0. The van der Waals surface area contributed by atoms with Crippen LogP contribution in [0.25, 0.3) is 0 Å². The number of esters is 1. The Kier molecular flexibility index (Phi) is 8.19. The van der Waals surface area contributed by atoms with Crippen molar-refractivity contribution in [3.05, 3.63) is 64.6 Å². The molecule has 0 saturated heterocycles. The van der Waals surface area contributed by atoms with Crippen molar-refractivity contribution < 1.29 is 14.3 Å². The van der Waals surface area contributed by atoms with Gasteiger partial charge in [-0.15, -0.1) is 0 Å². The highest BCUT2D eigenvalue weighted by molar-refractivity contribution is 9.10. The molecule has 0 bridgehead atoms. The zero-order valence-corrected chi connectivity index (χ0v) is 15.6. The van der Waals surface area contributed by atoms with Crippen LogP contribution >= 0.6 is 15.9 Å². The van der Waals surface area contributed by atoms with Gasteiger partial charge in [0.2, 0.25) is 5.91 Å². The van der Waals surface area contributed by atoms with Gasteiger partial charge < -0.3 is 10.1 Å². The van der Waals surface area contributed by atoms with E-state index in [9.17, 15) is 9.59 Å². The van der Waals surface area contributed by atoms with Gasteiger partial charge in [-0.2, -0.15) is 0 Å². The molecular weight excluding hydrogens is 382 g/mol. The van der Waals surface area contributed by atoms with Gasteiger partial charge >= 0.3 is 5.97 Å². The number of nitrogens with one attached hydrogen (secondary N) is 1. The molecule has 1 amide bonds. The molecule has 0 fully saturated rings. The molecule has 0 atom stereocenters. The number of ether oxygens (including phenoxy) is 1. The summed E-state index contributed by atoms with van der Waals surface area (Å²) in [5.74, 6) is -0.356.